The number of aromatic nitrogens is 1. The summed E-state index contributed by atoms with van der Waals surface area (Å²) < 4.78 is 32.0. The summed E-state index contributed by atoms with van der Waals surface area (Å²) in [5, 5.41) is 0.0991. The quantitative estimate of drug-likeness (QED) is 0.881. The molecule has 0 aliphatic rings. The highest BCUT2D eigenvalue weighted by Gasteiger charge is 2.17. The summed E-state index contributed by atoms with van der Waals surface area (Å²) in [5.41, 5.74) is 1.05. The van der Waals surface area contributed by atoms with Crippen LogP contribution in [0.15, 0.2) is 41.4 Å². The Hall–Kier alpha value is -1.79. The van der Waals surface area contributed by atoms with Crippen LogP contribution in [0.5, 0.6) is 5.75 Å². The standard InChI is InChI=1S/C13H13ClN2O3S/c1-9-6-12(13(14)15-8-9)16-20(17,18)11-5-3-4-10(7-11)19-2/h3-8,16H,1-2H3. The van der Waals surface area contributed by atoms with Gasteiger partial charge in [0.2, 0.25) is 0 Å². The van der Waals surface area contributed by atoms with Crippen LogP contribution >= 0.6 is 11.6 Å². The highest BCUT2D eigenvalue weighted by atomic mass is 35.5. The molecule has 0 radical (unpaired) electrons. The zero-order valence-corrected chi connectivity index (χ0v) is 12.5. The number of methoxy groups -OCH3 is 1. The maximum Gasteiger partial charge on any atom is 0.262 e. The zero-order chi connectivity index (χ0) is 14.8. The van der Waals surface area contributed by atoms with E-state index in [1.807, 2.05) is 0 Å². The van der Waals surface area contributed by atoms with Crippen LogP contribution in [0.4, 0.5) is 5.69 Å². The Morgan fingerprint density at radius 2 is 2.05 bits per heavy atom. The van der Waals surface area contributed by atoms with E-state index in [0.717, 1.165) is 5.56 Å². The second-order valence-corrected chi connectivity index (χ2v) is 6.18. The predicted octanol–water partition coefficient (Wildman–Crippen LogP) is 2.85. The molecule has 0 fully saturated rings. The average molecular weight is 313 g/mol. The Morgan fingerprint density at radius 3 is 2.75 bits per heavy atom. The molecule has 1 aromatic carbocycles. The molecule has 0 aliphatic heterocycles. The Labute approximate surface area is 122 Å². The lowest BCUT2D eigenvalue weighted by atomic mass is 10.3. The molecule has 0 unspecified atom stereocenters. The lowest BCUT2D eigenvalue weighted by Crippen LogP contribution is -2.13. The third kappa shape index (κ3) is 3.20. The first kappa shape index (κ1) is 14.6. The van der Waals surface area contributed by atoms with Gasteiger partial charge in [0.15, 0.2) is 5.15 Å². The van der Waals surface area contributed by atoms with Crippen molar-refractivity contribution in [3.63, 3.8) is 0 Å². The molecule has 5 nitrogen and oxygen atoms in total. The lowest BCUT2D eigenvalue weighted by Gasteiger charge is -2.10. The topological polar surface area (TPSA) is 68.3 Å². The molecule has 0 bridgehead atoms. The van der Waals surface area contributed by atoms with Gasteiger partial charge in [-0.05, 0) is 30.7 Å². The smallest absolute Gasteiger partial charge is 0.262 e. The van der Waals surface area contributed by atoms with Gasteiger partial charge in [0, 0.05) is 12.3 Å². The summed E-state index contributed by atoms with van der Waals surface area (Å²) in [4.78, 5) is 4.00. The lowest BCUT2D eigenvalue weighted by molar-refractivity contribution is 0.413. The van der Waals surface area contributed by atoms with Gasteiger partial charge in [-0.25, -0.2) is 13.4 Å². The number of benzene rings is 1. The number of nitrogens with zero attached hydrogens (tertiary/aromatic N) is 1. The molecule has 1 heterocycles. The first-order valence-electron chi connectivity index (χ1n) is 5.71. The normalized spacial score (nSPS) is 11.2. The van der Waals surface area contributed by atoms with E-state index in [4.69, 9.17) is 16.3 Å². The predicted molar refractivity (Wildman–Crippen MR) is 77.8 cm³/mol. The number of sulfonamides is 1. The van der Waals surface area contributed by atoms with Crippen LogP contribution in [-0.4, -0.2) is 20.5 Å². The van der Waals surface area contributed by atoms with Gasteiger partial charge in [0.05, 0.1) is 17.7 Å². The molecule has 0 saturated heterocycles. The van der Waals surface area contributed by atoms with E-state index >= 15 is 0 Å². The minimum atomic E-state index is -3.74. The van der Waals surface area contributed by atoms with Crippen LogP contribution < -0.4 is 9.46 Å². The summed E-state index contributed by atoms with van der Waals surface area (Å²) in [7, 11) is -2.27. The number of hydrogen-bond acceptors (Lipinski definition) is 4. The molecule has 0 spiro atoms. The molecule has 0 amide bonds. The third-order valence-corrected chi connectivity index (χ3v) is 4.24. The van der Waals surface area contributed by atoms with Gasteiger partial charge in [-0.15, -0.1) is 0 Å². The Kier molecular flexibility index (Phi) is 4.15. The molecule has 2 rings (SSSR count). The number of rotatable bonds is 4. The van der Waals surface area contributed by atoms with Crippen molar-refractivity contribution in [1.82, 2.24) is 4.98 Å². The summed E-state index contributed by atoms with van der Waals surface area (Å²) in [6.45, 7) is 1.80. The van der Waals surface area contributed by atoms with E-state index in [9.17, 15) is 8.42 Å². The van der Waals surface area contributed by atoms with Crippen molar-refractivity contribution in [2.45, 2.75) is 11.8 Å². The van der Waals surface area contributed by atoms with Crippen LogP contribution in [0.2, 0.25) is 5.15 Å². The molecule has 106 valence electrons. The fourth-order valence-corrected chi connectivity index (χ4v) is 2.89. The molecule has 0 aliphatic carbocycles. The van der Waals surface area contributed by atoms with Crippen LogP contribution in [0.1, 0.15) is 5.56 Å². The van der Waals surface area contributed by atoms with Crippen LogP contribution in [0, 0.1) is 6.92 Å². The largest absolute Gasteiger partial charge is 0.497 e. The van der Waals surface area contributed by atoms with Crippen molar-refractivity contribution in [3.8, 4) is 5.75 Å². The highest BCUT2D eigenvalue weighted by Crippen LogP contribution is 2.24. The van der Waals surface area contributed by atoms with Gasteiger partial charge in [-0.3, -0.25) is 4.72 Å². The van der Waals surface area contributed by atoms with Crippen molar-refractivity contribution >= 4 is 27.3 Å². The van der Waals surface area contributed by atoms with E-state index in [0.29, 0.717) is 5.75 Å². The fourth-order valence-electron chi connectivity index (χ4n) is 1.60. The van der Waals surface area contributed by atoms with Gasteiger partial charge in [-0.2, -0.15) is 0 Å². The zero-order valence-electron chi connectivity index (χ0n) is 10.9. The van der Waals surface area contributed by atoms with Gasteiger partial charge < -0.3 is 4.74 Å². The van der Waals surface area contributed by atoms with E-state index in [1.54, 1.807) is 31.3 Å². The first-order chi connectivity index (χ1) is 9.42. The molecule has 1 aromatic heterocycles. The molecular weight excluding hydrogens is 300 g/mol. The summed E-state index contributed by atoms with van der Waals surface area (Å²) in [6.07, 6.45) is 1.56. The monoisotopic (exact) mass is 312 g/mol. The Morgan fingerprint density at radius 1 is 1.30 bits per heavy atom. The number of nitrogens with one attached hydrogen (secondary N) is 1. The molecular formula is C13H13ClN2O3S. The van der Waals surface area contributed by atoms with Crippen molar-refractivity contribution in [2.24, 2.45) is 0 Å². The fraction of sp³-hybridized carbons (Fsp3) is 0.154. The van der Waals surface area contributed by atoms with E-state index in [1.165, 1.54) is 19.2 Å². The number of anilines is 1. The van der Waals surface area contributed by atoms with E-state index in [2.05, 4.69) is 9.71 Å². The van der Waals surface area contributed by atoms with Crippen LogP contribution in [0.25, 0.3) is 0 Å². The summed E-state index contributed by atoms with van der Waals surface area (Å²) in [6, 6.07) is 7.79. The average Bonchev–Trinajstić information content (AvgIpc) is 2.43. The molecule has 0 atom stereocenters. The van der Waals surface area contributed by atoms with Gasteiger partial charge in [0.1, 0.15) is 5.75 Å². The van der Waals surface area contributed by atoms with Crippen LogP contribution in [-0.2, 0) is 10.0 Å². The second kappa shape index (κ2) is 5.68. The maximum absolute atomic E-state index is 12.3. The summed E-state index contributed by atoms with van der Waals surface area (Å²) >= 11 is 5.89. The van der Waals surface area contributed by atoms with Crippen molar-refractivity contribution < 1.29 is 13.2 Å². The van der Waals surface area contributed by atoms with Gasteiger partial charge in [-0.1, -0.05) is 17.7 Å². The van der Waals surface area contributed by atoms with Crippen LogP contribution in [0.3, 0.4) is 0 Å². The number of pyridine rings is 1. The van der Waals surface area contributed by atoms with E-state index in [-0.39, 0.29) is 15.7 Å². The minimum Gasteiger partial charge on any atom is -0.497 e. The summed E-state index contributed by atoms with van der Waals surface area (Å²) in [5.74, 6) is 0.460. The third-order valence-electron chi connectivity index (χ3n) is 2.57. The minimum absolute atomic E-state index is 0.0921. The SMILES string of the molecule is COc1cccc(S(=O)(=O)Nc2cc(C)cnc2Cl)c1. The molecule has 7 heteroatoms. The number of ether oxygens (including phenoxy) is 1. The first-order valence-corrected chi connectivity index (χ1v) is 7.57. The Balaban J connectivity index is 2.38. The number of hydrogen-bond donors (Lipinski definition) is 1. The Bertz CT molecular complexity index is 732. The second-order valence-electron chi connectivity index (χ2n) is 4.14. The van der Waals surface area contributed by atoms with Gasteiger partial charge in [0.25, 0.3) is 10.0 Å². The molecule has 2 aromatic rings. The van der Waals surface area contributed by atoms with Crippen molar-refractivity contribution in [1.29, 1.82) is 0 Å². The molecule has 0 saturated carbocycles. The maximum atomic E-state index is 12.3. The van der Waals surface area contributed by atoms with E-state index < -0.39 is 10.0 Å². The number of halogens is 1. The van der Waals surface area contributed by atoms with Gasteiger partial charge >= 0.3 is 0 Å². The van der Waals surface area contributed by atoms with Crippen molar-refractivity contribution in [3.05, 3.63) is 47.2 Å². The number of aryl methyl sites for hydroxylation is 1. The highest BCUT2D eigenvalue weighted by molar-refractivity contribution is 7.92. The molecule has 1 N–H and O–H groups in total. The molecule has 20 heavy (non-hydrogen) atoms. The van der Waals surface area contributed by atoms with Crippen molar-refractivity contribution in [2.75, 3.05) is 11.8 Å².